The van der Waals surface area contributed by atoms with Crippen LogP contribution < -0.4 is 22.5 Å². The summed E-state index contributed by atoms with van der Waals surface area (Å²) < 4.78 is 16.4. The van der Waals surface area contributed by atoms with Crippen LogP contribution in [0, 0.1) is 5.82 Å². The fourth-order valence-corrected chi connectivity index (χ4v) is 4.59. The second-order valence-electron chi connectivity index (χ2n) is 9.87. The normalized spacial score (nSPS) is 12.1. The maximum Gasteiger partial charge on any atom is 0.354 e. The number of amides is 1. The highest BCUT2D eigenvalue weighted by molar-refractivity contribution is 6.31. The van der Waals surface area contributed by atoms with Crippen LogP contribution in [0.4, 0.5) is 4.39 Å². The summed E-state index contributed by atoms with van der Waals surface area (Å²) in [6.45, 7) is 10.7. The number of halogens is 2. The Morgan fingerprint density at radius 2 is 1.93 bits per heavy atom. The minimum absolute atomic E-state index is 0.0303. The number of nitrogens with zero attached hydrogens (tertiary/aromatic N) is 3. The molecule has 42 heavy (non-hydrogen) atoms. The molecule has 1 unspecified atom stereocenters. The second kappa shape index (κ2) is 15.1. The molecule has 4 rings (SSSR count). The van der Waals surface area contributed by atoms with E-state index in [9.17, 15) is 9.59 Å². The molecule has 0 radical (unpaired) electrons. The largest absolute Gasteiger partial charge is 0.388 e. The average Bonchev–Trinajstić information content (AvgIpc) is 3.37. The molecule has 222 valence electrons. The first kappa shape index (κ1) is 32.2. The molecule has 0 saturated carbocycles. The summed E-state index contributed by atoms with van der Waals surface area (Å²) in [5.41, 5.74) is 13.8. The first-order chi connectivity index (χ1) is 20.1. The summed E-state index contributed by atoms with van der Waals surface area (Å²) >= 11 is 6.21. The van der Waals surface area contributed by atoms with Gasteiger partial charge in [-0.1, -0.05) is 11.6 Å². The highest BCUT2D eigenvalue weighted by Gasteiger charge is 2.16. The number of aryl methyl sites for hydroxylation is 1. The van der Waals surface area contributed by atoms with Gasteiger partial charge in [0.05, 0.1) is 22.2 Å². The molecule has 2 aromatic heterocycles. The van der Waals surface area contributed by atoms with Gasteiger partial charge in [0.1, 0.15) is 5.65 Å². The van der Waals surface area contributed by atoms with E-state index in [-0.39, 0.29) is 17.0 Å². The van der Waals surface area contributed by atoms with Crippen molar-refractivity contribution >= 4 is 34.4 Å². The van der Waals surface area contributed by atoms with Crippen LogP contribution in [-0.2, 0) is 6.42 Å². The molecule has 0 aliphatic heterocycles. The average molecular weight is 594 g/mol. The quantitative estimate of drug-likeness (QED) is 0.0823. The molecular formula is C31H37ClFN7O2. The van der Waals surface area contributed by atoms with E-state index in [1.807, 2.05) is 6.92 Å². The topological polar surface area (TPSA) is 144 Å². The molecule has 0 spiro atoms. The molecule has 2 heterocycles. The fourth-order valence-electron chi connectivity index (χ4n) is 4.35. The molecule has 0 bridgehead atoms. The van der Waals surface area contributed by atoms with Crippen molar-refractivity contribution in [1.29, 1.82) is 0 Å². The Kier molecular flexibility index (Phi) is 11.6. The van der Waals surface area contributed by atoms with Crippen LogP contribution in [0.15, 0.2) is 71.6 Å². The summed E-state index contributed by atoms with van der Waals surface area (Å²) in [5.74, 6) is -0.262. The fraction of sp³-hybridized carbons (Fsp3) is 0.290. The molecule has 0 fully saturated rings. The predicted octanol–water partition coefficient (Wildman–Crippen LogP) is 5.14. The first-order valence-electron chi connectivity index (χ1n) is 13.6. The molecule has 1 amide bonds. The maximum atomic E-state index is 15.0. The van der Waals surface area contributed by atoms with Crippen molar-refractivity contribution in [2.75, 3.05) is 13.1 Å². The van der Waals surface area contributed by atoms with Gasteiger partial charge in [-0.25, -0.2) is 9.18 Å². The van der Waals surface area contributed by atoms with Crippen molar-refractivity contribution in [3.8, 4) is 16.9 Å². The first-order valence-corrected chi connectivity index (χ1v) is 14.0. The number of amidine groups is 1. The van der Waals surface area contributed by atoms with Crippen LogP contribution in [-0.4, -0.2) is 45.4 Å². The lowest BCUT2D eigenvalue weighted by molar-refractivity contribution is 0.0953. The van der Waals surface area contributed by atoms with Gasteiger partial charge in [0.15, 0.2) is 5.82 Å². The van der Waals surface area contributed by atoms with Gasteiger partial charge < -0.3 is 21.8 Å². The number of aromatic nitrogens is 3. The van der Waals surface area contributed by atoms with Gasteiger partial charge in [0, 0.05) is 41.8 Å². The Labute approximate surface area is 249 Å². The van der Waals surface area contributed by atoms with Crippen molar-refractivity contribution in [3.63, 3.8) is 0 Å². The summed E-state index contributed by atoms with van der Waals surface area (Å²) in [5, 5.41) is 3.48. The van der Waals surface area contributed by atoms with Gasteiger partial charge in [0.25, 0.3) is 5.91 Å². The van der Waals surface area contributed by atoms with Crippen LogP contribution in [0.2, 0.25) is 5.02 Å². The monoisotopic (exact) mass is 593 g/mol. The van der Waals surface area contributed by atoms with Crippen molar-refractivity contribution in [2.45, 2.75) is 45.6 Å². The lowest BCUT2D eigenvalue weighted by Crippen LogP contribution is -2.25. The third-order valence-electron chi connectivity index (χ3n) is 6.40. The Bertz CT molecular complexity index is 1610. The number of hydrogen-bond acceptors (Lipinski definition) is 5. The van der Waals surface area contributed by atoms with Gasteiger partial charge in [-0.15, -0.1) is 13.2 Å². The molecule has 0 aliphatic rings. The van der Waals surface area contributed by atoms with Crippen LogP contribution in [0.3, 0.4) is 0 Å². The molecule has 0 aliphatic carbocycles. The molecule has 6 N–H and O–H groups in total. The van der Waals surface area contributed by atoms with Crippen LogP contribution in [0.25, 0.3) is 28.0 Å². The zero-order valence-corrected chi connectivity index (χ0v) is 24.7. The number of fused-ring (bicyclic) bond motifs is 1. The van der Waals surface area contributed by atoms with E-state index in [0.29, 0.717) is 65.3 Å². The molecule has 2 aromatic carbocycles. The minimum atomic E-state index is -0.546. The lowest BCUT2D eigenvalue weighted by Gasteiger charge is -2.09. The number of hydrogen-bond donors (Lipinski definition) is 4. The Morgan fingerprint density at radius 3 is 2.60 bits per heavy atom. The predicted molar refractivity (Wildman–Crippen MR) is 169 cm³/mol. The van der Waals surface area contributed by atoms with Gasteiger partial charge in [-0.3, -0.25) is 14.4 Å². The summed E-state index contributed by atoms with van der Waals surface area (Å²) in [7, 11) is 0. The number of H-pyrrole nitrogens is 1. The summed E-state index contributed by atoms with van der Waals surface area (Å²) in [4.78, 5) is 36.5. The van der Waals surface area contributed by atoms with E-state index < -0.39 is 11.5 Å². The number of rotatable bonds is 11. The zero-order chi connectivity index (χ0) is 30.8. The smallest absolute Gasteiger partial charge is 0.354 e. The van der Waals surface area contributed by atoms with E-state index in [1.165, 1.54) is 4.57 Å². The number of aromatic amines is 1. The number of aliphatic imine (C=N–C) groups is 1. The standard InChI is InChI=1S/C29H33ClFN7O2.C2H4/c1-17(32)5-3-6-19-13-23(26(31)24(30)14-19)25-15-21-16-38(29(40)37-27(21)36-25)22-9-7-20(8-10-22)28(39)35-12-4-11-34-18(2)33;1-2/h7-10,13-17H,3-6,11-12,32H2,1-2H3,(H2,33,34)(H,35,39)(H,36,37,40);1-2H2. The SMILES string of the molecule is C=C.CC(N)=NCCCNC(=O)c1ccc(-n2cc3cc(-c4cc(CCCC(C)N)cc(Cl)c4F)[nH]c3nc2=O)cc1. The summed E-state index contributed by atoms with van der Waals surface area (Å²) in [6.07, 6.45) is 4.73. The van der Waals surface area contributed by atoms with Crippen molar-refractivity contribution in [1.82, 2.24) is 19.9 Å². The molecule has 1 atom stereocenters. The highest BCUT2D eigenvalue weighted by atomic mass is 35.5. The van der Waals surface area contributed by atoms with Crippen LogP contribution in [0.5, 0.6) is 0 Å². The van der Waals surface area contributed by atoms with E-state index in [4.69, 9.17) is 23.1 Å². The second-order valence-corrected chi connectivity index (χ2v) is 10.3. The van der Waals surface area contributed by atoms with E-state index in [2.05, 4.69) is 33.4 Å². The van der Waals surface area contributed by atoms with Gasteiger partial charge in [-0.2, -0.15) is 4.98 Å². The van der Waals surface area contributed by atoms with Crippen molar-refractivity contribution in [2.24, 2.45) is 16.5 Å². The molecule has 0 saturated heterocycles. The number of nitrogens with one attached hydrogen (secondary N) is 2. The third kappa shape index (κ3) is 8.37. The van der Waals surface area contributed by atoms with Gasteiger partial charge in [0.2, 0.25) is 0 Å². The Morgan fingerprint density at radius 1 is 1.21 bits per heavy atom. The van der Waals surface area contributed by atoms with Gasteiger partial charge >= 0.3 is 5.69 Å². The zero-order valence-electron chi connectivity index (χ0n) is 23.9. The van der Waals surface area contributed by atoms with E-state index in [0.717, 1.165) is 18.4 Å². The minimum Gasteiger partial charge on any atom is -0.388 e. The lowest BCUT2D eigenvalue weighted by atomic mass is 10.0. The number of carbonyl (C=O) groups is 1. The van der Waals surface area contributed by atoms with E-state index >= 15 is 4.39 Å². The number of benzene rings is 2. The summed E-state index contributed by atoms with van der Waals surface area (Å²) in [6, 6.07) is 11.8. The number of carbonyl (C=O) groups excluding carboxylic acids is 1. The number of nitrogens with two attached hydrogens (primary N) is 2. The van der Waals surface area contributed by atoms with Crippen LogP contribution in [0.1, 0.15) is 49.0 Å². The highest BCUT2D eigenvalue weighted by Crippen LogP contribution is 2.31. The molecule has 11 heteroatoms. The maximum absolute atomic E-state index is 15.0. The van der Waals surface area contributed by atoms with Crippen molar-refractivity contribution in [3.05, 3.63) is 94.3 Å². The Hall–Kier alpha value is -4.28. The third-order valence-corrected chi connectivity index (χ3v) is 6.68. The Balaban J connectivity index is 0.00000237. The van der Waals surface area contributed by atoms with Gasteiger partial charge in [-0.05, 0) is 87.6 Å². The molecule has 9 nitrogen and oxygen atoms in total. The molecule has 4 aromatic rings. The van der Waals surface area contributed by atoms with E-state index in [1.54, 1.807) is 55.6 Å². The van der Waals surface area contributed by atoms with Crippen molar-refractivity contribution < 1.29 is 9.18 Å². The van der Waals surface area contributed by atoms with Crippen LogP contribution >= 0.6 is 11.6 Å². The molecular weight excluding hydrogens is 557 g/mol.